The first-order valence-electron chi connectivity index (χ1n) is 14.0. The number of methoxy groups -OCH3 is 1. The highest BCUT2D eigenvalue weighted by molar-refractivity contribution is 5.46. The van der Waals surface area contributed by atoms with Crippen LogP contribution in [0.15, 0.2) is 47.1 Å². The molecule has 35 heavy (non-hydrogen) atoms. The summed E-state index contributed by atoms with van der Waals surface area (Å²) in [5.74, 6) is 1.51. The topological polar surface area (TPSA) is 49.7 Å². The van der Waals surface area contributed by atoms with Gasteiger partial charge in [-0.2, -0.15) is 0 Å². The Morgan fingerprint density at radius 3 is 2.46 bits per heavy atom. The van der Waals surface area contributed by atoms with E-state index >= 15 is 0 Å². The Kier molecular flexibility index (Phi) is 7.14. The van der Waals surface area contributed by atoms with Crippen molar-refractivity contribution in [2.45, 2.75) is 99.2 Å². The maximum absolute atomic E-state index is 10.9. The molecule has 3 heteroatoms. The molecule has 1 unspecified atom stereocenters. The van der Waals surface area contributed by atoms with E-state index in [-0.39, 0.29) is 40.5 Å². The number of fused-ring (bicyclic) bond motifs is 4. The van der Waals surface area contributed by atoms with Crippen LogP contribution in [0.3, 0.4) is 0 Å². The van der Waals surface area contributed by atoms with Gasteiger partial charge in [0.15, 0.2) is 0 Å². The molecule has 0 aliphatic heterocycles. The second kappa shape index (κ2) is 9.30. The van der Waals surface area contributed by atoms with Crippen LogP contribution in [0.4, 0.5) is 0 Å². The number of aliphatic hydroxyl groups excluding tert-OH is 2. The molecule has 0 radical (unpaired) electrons. The lowest BCUT2D eigenvalue weighted by molar-refractivity contribution is -0.149. The van der Waals surface area contributed by atoms with E-state index in [2.05, 4.69) is 78.8 Å². The van der Waals surface area contributed by atoms with Crippen molar-refractivity contribution in [2.75, 3.05) is 13.7 Å². The Hall–Kier alpha value is -1.16. The average molecular weight is 483 g/mol. The molecule has 0 heterocycles. The Bertz CT molecular complexity index is 930. The average Bonchev–Trinajstić information content (AvgIpc) is 3.08. The Balaban J connectivity index is 1.80. The summed E-state index contributed by atoms with van der Waals surface area (Å²) in [4.78, 5) is 0. The van der Waals surface area contributed by atoms with Gasteiger partial charge in [0.25, 0.3) is 0 Å². The normalized spacial score (nSPS) is 41.8. The summed E-state index contributed by atoms with van der Waals surface area (Å²) >= 11 is 0. The van der Waals surface area contributed by atoms with Gasteiger partial charge in [0.05, 0.1) is 18.8 Å². The van der Waals surface area contributed by atoms with E-state index in [1.807, 2.05) is 0 Å². The molecule has 4 aliphatic carbocycles. The first kappa shape index (κ1) is 26.9. The highest BCUT2D eigenvalue weighted by atomic mass is 16.5. The van der Waals surface area contributed by atoms with Gasteiger partial charge >= 0.3 is 0 Å². The van der Waals surface area contributed by atoms with Crippen LogP contribution in [-0.2, 0) is 4.74 Å². The first-order chi connectivity index (χ1) is 16.4. The Morgan fingerprint density at radius 2 is 1.83 bits per heavy atom. The molecule has 3 nitrogen and oxygen atoms in total. The van der Waals surface area contributed by atoms with E-state index < -0.39 is 0 Å². The van der Waals surface area contributed by atoms with Crippen molar-refractivity contribution >= 4 is 0 Å². The molecule has 8 atom stereocenters. The first-order valence-corrected chi connectivity index (χ1v) is 14.0. The zero-order valence-electron chi connectivity index (χ0n) is 23.5. The maximum Gasteiger partial charge on any atom is 0.0901 e. The number of hydrogen-bond acceptors (Lipinski definition) is 3. The fraction of sp³-hybridized carbons (Fsp3) is 0.750. The Morgan fingerprint density at radius 1 is 1.11 bits per heavy atom. The van der Waals surface area contributed by atoms with E-state index in [1.54, 1.807) is 7.11 Å². The zero-order valence-corrected chi connectivity index (χ0v) is 23.5. The van der Waals surface area contributed by atoms with Crippen molar-refractivity contribution in [2.24, 2.45) is 39.4 Å². The van der Waals surface area contributed by atoms with Gasteiger partial charge in [-0.3, -0.25) is 0 Å². The van der Waals surface area contributed by atoms with Crippen LogP contribution in [0.5, 0.6) is 0 Å². The molecule has 0 aromatic rings. The number of ether oxygens (including phenoxy) is 1. The van der Waals surface area contributed by atoms with Crippen molar-refractivity contribution in [1.82, 2.24) is 0 Å². The van der Waals surface area contributed by atoms with Gasteiger partial charge in [0.2, 0.25) is 0 Å². The summed E-state index contributed by atoms with van der Waals surface area (Å²) in [5, 5.41) is 21.5. The summed E-state index contributed by atoms with van der Waals surface area (Å²) in [7, 11) is 1.78. The molecule has 2 saturated carbocycles. The van der Waals surface area contributed by atoms with Crippen LogP contribution >= 0.6 is 0 Å². The van der Waals surface area contributed by atoms with Gasteiger partial charge in [-0.1, -0.05) is 76.1 Å². The van der Waals surface area contributed by atoms with E-state index in [1.165, 1.54) is 29.6 Å². The summed E-state index contributed by atoms with van der Waals surface area (Å²) in [6.45, 7) is 16.2. The molecule has 0 bridgehead atoms. The quantitative estimate of drug-likeness (QED) is 0.400. The minimum atomic E-state index is -0.330. The van der Waals surface area contributed by atoms with Gasteiger partial charge in [0, 0.05) is 17.9 Å². The molecule has 0 amide bonds. The van der Waals surface area contributed by atoms with E-state index in [0.717, 1.165) is 25.7 Å². The van der Waals surface area contributed by atoms with Crippen LogP contribution in [0.1, 0.15) is 87.0 Å². The maximum atomic E-state index is 10.9. The van der Waals surface area contributed by atoms with Crippen molar-refractivity contribution in [3.8, 4) is 0 Å². The summed E-state index contributed by atoms with van der Waals surface area (Å²) < 4.78 is 6.12. The number of aliphatic hydroxyl groups is 2. The molecule has 0 saturated heterocycles. The molecule has 196 valence electrons. The third-order valence-corrected chi connectivity index (χ3v) is 11.4. The Labute approximate surface area is 214 Å². The molecule has 4 rings (SSSR count). The molecule has 0 aromatic carbocycles. The third-order valence-electron chi connectivity index (χ3n) is 11.4. The molecule has 2 N–H and O–H groups in total. The van der Waals surface area contributed by atoms with Crippen molar-refractivity contribution in [3.05, 3.63) is 47.1 Å². The lowest BCUT2D eigenvalue weighted by atomic mass is 9.40. The highest BCUT2D eigenvalue weighted by Gasteiger charge is 2.68. The van der Waals surface area contributed by atoms with E-state index in [0.29, 0.717) is 17.8 Å². The van der Waals surface area contributed by atoms with Crippen LogP contribution < -0.4 is 0 Å². The lowest BCUT2D eigenvalue weighted by Crippen LogP contribution is -2.61. The standard InChI is InChI=1S/C32H50O3/c1-21(2)10-9-11-22(3)23-16-17-31(7)26-14-12-24-25(13-15-27(34)29(24,4)5)32(26,28(20-33)35-8)19-18-30(23,31)6/h9-12,14,22-23,26-28,33-34H,13,15-20H2,1-8H3/b11-9+/t22-,23-,26+,27+,28?,30-,31+,32-/m1/s1. The highest BCUT2D eigenvalue weighted by Crippen LogP contribution is 2.74. The predicted octanol–water partition coefficient (Wildman–Crippen LogP) is 7.02. The summed E-state index contributed by atoms with van der Waals surface area (Å²) in [6, 6.07) is 0. The van der Waals surface area contributed by atoms with Gasteiger partial charge in [-0.05, 0) is 86.5 Å². The van der Waals surface area contributed by atoms with Crippen LogP contribution in [0.25, 0.3) is 0 Å². The van der Waals surface area contributed by atoms with Gasteiger partial charge < -0.3 is 14.9 Å². The van der Waals surface area contributed by atoms with Gasteiger partial charge in [-0.15, -0.1) is 0 Å². The predicted molar refractivity (Wildman–Crippen MR) is 145 cm³/mol. The van der Waals surface area contributed by atoms with Crippen molar-refractivity contribution in [1.29, 1.82) is 0 Å². The SMILES string of the molecule is COC(CO)[C@@]12CC[C@]3(C)[C@@H]([C@H](C)/C=C/C=C(C)C)CC[C@@]3(C)[C@@H]1C=CC1=C2CC[C@H](O)C1(C)C. The minimum absolute atomic E-state index is 0.0403. The molecular weight excluding hydrogens is 432 g/mol. The van der Waals surface area contributed by atoms with Crippen molar-refractivity contribution < 1.29 is 14.9 Å². The minimum Gasteiger partial charge on any atom is -0.394 e. The van der Waals surface area contributed by atoms with Crippen LogP contribution in [0.2, 0.25) is 0 Å². The number of hydrogen-bond donors (Lipinski definition) is 2. The molecule has 0 spiro atoms. The molecule has 2 fully saturated rings. The number of allylic oxidation sites excluding steroid dienone is 6. The third kappa shape index (κ3) is 3.79. The van der Waals surface area contributed by atoms with Crippen LogP contribution in [0, 0.1) is 39.4 Å². The second-order valence-corrected chi connectivity index (χ2v) is 13.4. The molecule has 0 aromatic heterocycles. The molecular formula is C32H50O3. The van der Waals surface area contributed by atoms with Crippen LogP contribution in [-0.4, -0.2) is 36.1 Å². The fourth-order valence-electron chi connectivity index (χ4n) is 9.12. The zero-order chi connectivity index (χ0) is 25.8. The van der Waals surface area contributed by atoms with Gasteiger partial charge in [-0.25, -0.2) is 0 Å². The number of rotatable bonds is 6. The monoisotopic (exact) mass is 482 g/mol. The van der Waals surface area contributed by atoms with Gasteiger partial charge in [0.1, 0.15) is 0 Å². The second-order valence-electron chi connectivity index (χ2n) is 13.4. The lowest BCUT2D eigenvalue weighted by Gasteiger charge is -2.65. The smallest absolute Gasteiger partial charge is 0.0901 e. The van der Waals surface area contributed by atoms with E-state index in [9.17, 15) is 10.2 Å². The fourth-order valence-corrected chi connectivity index (χ4v) is 9.12. The summed E-state index contributed by atoms with van der Waals surface area (Å²) in [6.07, 6.45) is 17.5. The largest absolute Gasteiger partial charge is 0.394 e. The van der Waals surface area contributed by atoms with Crippen molar-refractivity contribution in [3.63, 3.8) is 0 Å². The van der Waals surface area contributed by atoms with E-state index in [4.69, 9.17) is 4.74 Å². The summed E-state index contributed by atoms with van der Waals surface area (Å²) in [5.41, 5.74) is 3.98. The molecule has 4 aliphatic rings.